The van der Waals surface area contributed by atoms with Crippen molar-refractivity contribution in [3.63, 3.8) is 0 Å². The quantitative estimate of drug-likeness (QED) is 0.439. The summed E-state index contributed by atoms with van der Waals surface area (Å²) in [4.78, 5) is 0. The third kappa shape index (κ3) is 3.54. The first-order valence-corrected chi connectivity index (χ1v) is 8.03. The Labute approximate surface area is 146 Å². The fraction of sp³-hybridized carbons (Fsp3) is 0.200. The summed E-state index contributed by atoms with van der Waals surface area (Å²) in [5, 5.41) is 10.2. The van der Waals surface area contributed by atoms with Crippen molar-refractivity contribution in [1.82, 2.24) is 10.2 Å². The number of nitrogens with zero attached hydrogens (tertiary/aromatic N) is 2. The Bertz CT molecular complexity index is 958. The van der Waals surface area contributed by atoms with E-state index in [1.54, 1.807) is 6.92 Å². The smallest absolute Gasteiger partial charge is 0.189 e. The maximum absolute atomic E-state index is 5.96. The van der Waals surface area contributed by atoms with Crippen molar-refractivity contribution >= 4 is 16.6 Å². The molecular weight excluding hydrogens is 314 g/mol. The standard InChI is InChI=1S/C20H19N3O2/c1-3-7-14-10-11-17(18(12-14)25-13-24-4-2)19-15-8-5-6-9-16(15)20(21)23-22-19/h5-6,8-12H,4,13H2,1-2H3,(H2,21,23). The molecule has 3 rings (SSSR count). The van der Waals surface area contributed by atoms with E-state index in [1.165, 1.54) is 0 Å². The topological polar surface area (TPSA) is 70.3 Å². The monoisotopic (exact) mass is 333 g/mol. The second kappa shape index (κ2) is 7.65. The molecule has 0 aliphatic carbocycles. The van der Waals surface area contributed by atoms with Crippen LogP contribution < -0.4 is 10.5 Å². The van der Waals surface area contributed by atoms with Gasteiger partial charge in [0.2, 0.25) is 0 Å². The van der Waals surface area contributed by atoms with Gasteiger partial charge in [-0.15, -0.1) is 16.1 Å². The van der Waals surface area contributed by atoms with Crippen LogP contribution in [-0.2, 0) is 4.74 Å². The Morgan fingerprint density at radius 3 is 2.64 bits per heavy atom. The zero-order valence-electron chi connectivity index (χ0n) is 14.2. The molecule has 5 heteroatoms. The third-order valence-electron chi connectivity index (χ3n) is 3.72. The summed E-state index contributed by atoms with van der Waals surface area (Å²) < 4.78 is 11.1. The fourth-order valence-electron chi connectivity index (χ4n) is 2.57. The van der Waals surface area contributed by atoms with Crippen LogP contribution in [-0.4, -0.2) is 23.6 Å². The van der Waals surface area contributed by atoms with Gasteiger partial charge in [0.1, 0.15) is 11.4 Å². The molecule has 5 nitrogen and oxygen atoms in total. The maximum Gasteiger partial charge on any atom is 0.189 e. The number of nitrogens with two attached hydrogens (primary N) is 1. The number of ether oxygens (including phenoxy) is 2. The van der Waals surface area contributed by atoms with Crippen LogP contribution in [0.25, 0.3) is 22.0 Å². The molecule has 0 fully saturated rings. The molecule has 0 bridgehead atoms. The average molecular weight is 333 g/mol. The predicted octanol–water partition coefficient (Wildman–Crippen LogP) is 3.62. The Morgan fingerprint density at radius 2 is 1.88 bits per heavy atom. The molecule has 0 radical (unpaired) electrons. The molecule has 25 heavy (non-hydrogen) atoms. The Hall–Kier alpha value is -3.10. The lowest BCUT2D eigenvalue weighted by molar-refractivity contribution is 0.0227. The van der Waals surface area contributed by atoms with Gasteiger partial charge in [0.25, 0.3) is 0 Å². The summed E-state index contributed by atoms with van der Waals surface area (Å²) >= 11 is 0. The van der Waals surface area contributed by atoms with Crippen molar-refractivity contribution in [3.05, 3.63) is 48.0 Å². The molecule has 0 atom stereocenters. The molecule has 0 saturated carbocycles. The molecule has 2 aromatic carbocycles. The number of aromatic nitrogens is 2. The number of hydrogen-bond donors (Lipinski definition) is 1. The van der Waals surface area contributed by atoms with E-state index in [0.29, 0.717) is 23.9 Å². The van der Waals surface area contributed by atoms with Crippen LogP contribution in [0.15, 0.2) is 42.5 Å². The Kier molecular flexibility index (Phi) is 5.12. The normalized spacial score (nSPS) is 10.3. The Morgan fingerprint density at radius 1 is 1.08 bits per heavy atom. The van der Waals surface area contributed by atoms with Gasteiger partial charge in [0, 0.05) is 28.5 Å². The highest BCUT2D eigenvalue weighted by Gasteiger charge is 2.14. The lowest BCUT2D eigenvalue weighted by atomic mass is 10.0. The highest BCUT2D eigenvalue weighted by molar-refractivity contribution is 6.00. The first-order valence-electron chi connectivity index (χ1n) is 8.03. The van der Waals surface area contributed by atoms with E-state index in [9.17, 15) is 0 Å². The summed E-state index contributed by atoms with van der Waals surface area (Å²) in [5.74, 6) is 6.99. The molecule has 1 heterocycles. The van der Waals surface area contributed by atoms with Crippen molar-refractivity contribution in [1.29, 1.82) is 0 Å². The van der Waals surface area contributed by atoms with Crippen LogP contribution in [0, 0.1) is 11.8 Å². The van der Waals surface area contributed by atoms with E-state index in [-0.39, 0.29) is 6.79 Å². The van der Waals surface area contributed by atoms with Gasteiger partial charge in [-0.1, -0.05) is 30.2 Å². The summed E-state index contributed by atoms with van der Waals surface area (Å²) in [6.45, 7) is 4.46. The van der Waals surface area contributed by atoms with Crippen LogP contribution >= 0.6 is 0 Å². The lowest BCUT2D eigenvalue weighted by Gasteiger charge is -2.13. The van der Waals surface area contributed by atoms with Gasteiger partial charge >= 0.3 is 0 Å². The zero-order valence-corrected chi connectivity index (χ0v) is 14.2. The minimum atomic E-state index is 0.160. The second-order valence-electron chi connectivity index (χ2n) is 5.32. The first-order chi connectivity index (χ1) is 12.2. The van der Waals surface area contributed by atoms with Crippen molar-refractivity contribution in [2.45, 2.75) is 13.8 Å². The lowest BCUT2D eigenvalue weighted by Crippen LogP contribution is -2.04. The van der Waals surface area contributed by atoms with Gasteiger partial charge in [-0.2, -0.15) is 0 Å². The molecule has 2 N–H and O–H groups in total. The van der Waals surface area contributed by atoms with Crippen LogP contribution in [0.3, 0.4) is 0 Å². The summed E-state index contributed by atoms with van der Waals surface area (Å²) in [5.41, 5.74) is 8.37. The number of nitrogen functional groups attached to an aromatic ring is 1. The molecule has 0 unspecified atom stereocenters. The summed E-state index contributed by atoms with van der Waals surface area (Å²) in [7, 11) is 0. The zero-order chi connectivity index (χ0) is 17.6. The Balaban J connectivity index is 2.15. The molecule has 3 aromatic rings. The van der Waals surface area contributed by atoms with Gasteiger partial charge in [-0.05, 0) is 32.0 Å². The van der Waals surface area contributed by atoms with E-state index >= 15 is 0 Å². The number of hydrogen-bond acceptors (Lipinski definition) is 5. The number of anilines is 1. The van der Waals surface area contributed by atoms with Crippen LogP contribution in [0.4, 0.5) is 5.82 Å². The minimum Gasteiger partial charge on any atom is -0.467 e. The van der Waals surface area contributed by atoms with Gasteiger partial charge in [-0.25, -0.2) is 0 Å². The third-order valence-corrected chi connectivity index (χ3v) is 3.72. The van der Waals surface area contributed by atoms with E-state index < -0.39 is 0 Å². The minimum absolute atomic E-state index is 0.160. The van der Waals surface area contributed by atoms with Gasteiger partial charge in [0.05, 0.1) is 0 Å². The van der Waals surface area contributed by atoms with Crippen molar-refractivity contribution in [2.24, 2.45) is 0 Å². The highest BCUT2D eigenvalue weighted by Crippen LogP contribution is 2.35. The van der Waals surface area contributed by atoms with E-state index in [4.69, 9.17) is 15.2 Å². The first kappa shape index (κ1) is 16.7. The predicted molar refractivity (Wildman–Crippen MR) is 99.1 cm³/mol. The fourth-order valence-corrected chi connectivity index (χ4v) is 2.57. The molecule has 0 amide bonds. The van der Waals surface area contributed by atoms with Crippen LogP contribution in [0.5, 0.6) is 5.75 Å². The summed E-state index contributed by atoms with van der Waals surface area (Å²) in [6, 6.07) is 13.5. The van der Waals surface area contributed by atoms with E-state index in [1.807, 2.05) is 49.4 Å². The molecular formula is C20H19N3O2. The molecule has 1 aromatic heterocycles. The summed E-state index contributed by atoms with van der Waals surface area (Å²) in [6.07, 6.45) is 0. The average Bonchev–Trinajstić information content (AvgIpc) is 2.64. The largest absolute Gasteiger partial charge is 0.467 e. The van der Waals surface area contributed by atoms with E-state index in [0.717, 1.165) is 21.9 Å². The molecule has 0 aliphatic rings. The molecule has 0 saturated heterocycles. The number of benzene rings is 2. The number of fused-ring (bicyclic) bond motifs is 1. The van der Waals surface area contributed by atoms with Crippen molar-refractivity contribution in [2.75, 3.05) is 19.1 Å². The maximum atomic E-state index is 5.96. The van der Waals surface area contributed by atoms with E-state index in [2.05, 4.69) is 22.0 Å². The van der Waals surface area contributed by atoms with Crippen LogP contribution in [0.1, 0.15) is 19.4 Å². The number of rotatable bonds is 5. The van der Waals surface area contributed by atoms with Crippen LogP contribution in [0.2, 0.25) is 0 Å². The second-order valence-corrected chi connectivity index (χ2v) is 5.32. The molecule has 0 aliphatic heterocycles. The highest BCUT2D eigenvalue weighted by atomic mass is 16.7. The van der Waals surface area contributed by atoms with Crippen molar-refractivity contribution < 1.29 is 9.47 Å². The van der Waals surface area contributed by atoms with Gasteiger partial charge in [0.15, 0.2) is 12.6 Å². The molecule has 126 valence electrons. The van der Waals surface area contributed by atoms with Crippen molar-refractivity contribution in [3.8, 4) is 28.8 Å². The van der Waals surface area contributed by atoms with Gasteiger partial charge < -0.3 is 15.2 Å². The molecule has 0 spiro atoms. The SMILES string of the molecule is CC#Cc1ccc(-c2nnc(N)c3ccccc23)c(OCOCC)c1. The van der Waals surface area contributed by atoms with Gasteiger partial charge in [-0.3, -0.25) is 0 Å².